The van der Waals surface area contributed by atoms with E-state index in [2.05, 4.69) is 57.4 Å². The molecule has 0 aliphatic carbocycles. The van der Waals surface area contributed by atoms with Gasteiger partial charge in [0, 0.05) is 39.6 Å². The highest BCUT2D eigenvalue weighted by atomic mass is 32.1. The smallest absolute Gasteiger partial charge is 0.222 e. The Bertz CT molecular complexity index is 845. The lowest BCUT2D eigenvalue weighted by atomic mass is 9.79. The molecule has 4 nitrogen and oxygen atoms in total. The van der Waals surface area contributed by atoms with Crippen molar-refractivity contribution in [1.82, 2.24) is 14.9 Å². The van der Waals surface area contributed by atoms with E-state index in [9.17, 15) is 0 Å². The van der Waals surface area contributed by atoms with Crippen molar-refractivity contribution in [2.45, 2.75) is 31.8 Å². The molecule has 2 bridgehead atoms. The van der Waals surface area contributed by atoms with Gasteiger partial charge in [-0.3, -0.25) is 4.90 Å². The Hall–Kier alpha value is -1.98. The molecule has 2 unspecified atom stereocenters. The van der Waals surface area contributed by atoms with E-state index in [4.69, 9.17) is 0 Å². The summed E-state index contributed by atoms with van der Waals surface area (Å²) >= 11 is 1.80. The molecule has 1 aromatic carbocycles. The number of fused-ring (bicyclic) bond motifs is 4. The number of nitrogens with one attached hydrogen (secondary N) is 1. The molecule has 5 heteroatoms. The first-order chi connectivity index (χ1) is 12.3. The Morgan fingerprint density at radius 2 is 1.88 bits per heavy atom. The standard InChI is InChI=1S/C20H22N4S/c1-13-19(14-6-8-24(13)9-7-14)23-20-21-11-16(12-22-20)18-10-15-4-2-3-5-17(15)25-18/h2-5,10-14,19H,6-9H2,1H3,(H,21,22,23). The SMILES string of the molecule is CC1C(Nc2ncc(-c3cc4ccccc4s3)cn2)C2CCN1CC2. The van der Waals surface area contributed by atoms with E-state index >= 15 is 0 Å². The summed E-state index contributed by atoms with van der Waals surface area (Å²) in [7, 11) is 0. The normalized spacial score (nSPS) is 28.4. The highest BCUT2D eigenvalue weighted by molar-refractivity contribution is 7.22. The van der Waals surface area contributed by atoms with Crippen LogP contribution in [0.3, 0.4) is 0 Å². The van der Waals surface area contributed by atoms with Gasteiger partial charge in [0.1, 0.15) is 0 Å². The van der Waals surface area contributed by atoms with Gasteiger partial charge in [0.15, 0.2) is 0 Å². The van der Waals surface area contributed by atoms with Gasteiger partial charge in [0.2, 0.25) is 5.95 Å². The van der Waals surface area contributed by atoms with Crippen molar-refractivity contribution in [2.24, 2.45) is 5.92 Å². The summed E-state index contributed by atoms with van der Waals surface area (Å²) in [5.41, 5.74) is 1.09. The molecule has 5 heterocycles. The van der Waals surface area contributed by atoms with Crippen molar-refractivity contribution < 1.29 is 0 Å². The largest absolute Gasteiger partial charge is 0.350 e. The number of aromatic nitrogens is 2. The van der Waals surface area contributed by atoms with Crippen LogP contribution in [0.15, 0.2) is 42.7 Å². The molecule has 25 heavy (non-hydrogen) atoms. The predicted molar refractivity (Wildman–Crippen MR) is 104 cm³/mol. The van der Waals surface area contributed by atoms with Crippen LogP contribution in [0.4, 0.5) is 5.95 Å². The molecule has 3 aromatic rings. The summed E-state index contributed by atoms with van der Waals surface area (Å²) in [5.74, 6) is 1.52. The monoisotopic (exact) mass is 350 g/mol. The van der Waals surface area contributed by atoms with Gasteiger partial charge in [0.25, 0.3) is 0 Å². The number of nitrogens with zero attached hydrogens (tertiary/aromatic N) is 3. The van der Waals surface area contributed by atoms with Crippen molar-refractivity contribution in [2.75, 3.05) is 18.4 Å². The first kappa shape index (κ1) is 15.3. The number of rotatable bonds is 3. The van der Waals surface area contributed by atoms with Crippen LogP contribution in [0.1, 0.15) is 19.8 Å². The number of anilines is 1. The van der Waals surface area contributed by atoms with Crippen molar-refractivity contribution in [3.63, 3.8) is 0 Å². The Kier molecular flexibility index (Phi) is 3.71. The van der Waals surface area contributed by atoms with E-state index in [1.807, 2.05) is 12.4 Å². The first-order valence-electron chi connectivity index (χ1n) is 9.09. The average molecular weight is 350 g/mol. The van der Waals surface area contributed by atoms with Crippen LogP contribution < -0.4 is 5.32 Å². The second kappa shape index (κ2) is 6.07. The minimum absolute atomic E-state index is 0.470. The fraction of sp³-hybridized carbons (Fsp3) is 0.400. The maximum Gasteiger partial charge on any atom is 0.222 e. The lowest BCUT2D eigenvalue weighted by Gasteiger charge is -2.49. The molecule has 2 atom stereocenters. The van der Waals surface area contributed by atoms with E-state index < -0.39 is 0 Å². The zero-order valence-corrected chi connectivity index (χ0v) is 15.2. The van der Waals surface area contributed by atoms with Crippen molar-refractivity contribution >= 4 is 27.4 Å². The maximum absolute atomic E-state index is 4.60. The lowest BCUT2D eigenvalue weighted by molar-refractivity contribution is 0.0455. The second-order valence-corrected chi connectivity index (χ2v) is 8.31. The third-order valence-electron chi connectivity index (χ3n) is 5.84. The minimum atomic E-state index is 0.470. The highest BCUT2D eigenvalue weighted by Crippen LogP contribution is 2.35. The molecular formula is C20H22N4S. The van der Waals surface area contributed by atoms with Gasteiger partial charge in [-0.25, -0.2) is 9.97 Å². The maximum atomic E-state index is 4.60. The van der Waals surface area contributed by atoms with E-state index in [-0.39, 0.29) is 0 Å². The van der Waals surface area contributed by atoms with E-state index in [0.29, 0.717) is 12.1 Å². The predicted octanol–water partition coefficient (Wildman–Crippen LogP) is 4.25. The van der Waals surface area contributed by atoms with Crippen LogP contribution >= 0.6 is 11.3 Å². The third-order valence-corrected chi connectivity index (χ3v) is 7.00. The summed E-state index contributed by atoms with van der Waals surface area (Å²) in [5, 5.41) is 4.89. The van der Waals surface area contributed by atoms with Gasteiger partial charge < -0.3 is 5.32 Å². The second-order valence-electron chi connectivity index (χ2n) is 7.23. The fourth-order valence-corrected chi connectivity index (χ4v) is 5.39. The van der Waals surface area contributed by atoms with Crippen LogP contribution in [-0.4, -0.2) is 40.0 Å². The van der Waals surface area contributed by atoms with Gasteiger partial charge in [-0.2, -0.15) is 0 Å². The molecule has 2 aromatic heterocycles. The molecule has 3 fully saturated rings. The molecule has 3 aliphatic rings. The molecule has 0 amide bonds. The molecule has 3 aliphatic heterocycles. The van der Waals surface area contributed by atoms with Crippen LogP contribution in [-0.2, 0) is 0 Å². The highest BCUT2D eigenvalue weighted by Gasteiger charge is 2.39. The number of benzene rings is 1. The third kappa shape index (κ3) is 2.71. The zero-order chi connectivity index (χ0) is 16.8. The quantitative estimate of drug-likeness (QED) is 0.766. The van der Waals surface area contributed by atoms with Gasteiger partial charge in [-0.15, -0.1) is 11.3 Å². The molecule has 128 valence electrons. The van der Waals surface area contributed by atoms with Crippen LogP contribution in [0.5, 0.6) is 0 Å². The Labute approximate surface area is 151 Å². The summed E-state index contributed by atoms with van der Waals surface area (Å²) in [6.07, 6.45) is 6.49. The summed E-state index contributed by atoms with van der Waals surface area (Å²) in [4.78, 5) is 13.0. The summed E-state index contributed by atoms with van der Waals surface area (Å²) < 4.78 is 1.31. The molecule has 6 rings (SSSR count). The van der Waals surface area contributed by atoms with E-state index in [1.165, 1.54) is 40.9 Å². The topological polar surface area (TPSA) is 41.1 Å². The number of piperidine rings is 3. The zero-order valence-electron chi connectivity index (χ0n) is 14.4. The summed E-state index contributed by atoms with van der Waals surface area (Å²) in [6, 6.07) is 11.7. The van der Waals surface area contributed by atoms with Gasteiger partial charge in [0.05, 0.1) is 0 Å². The Morgan fingerprint density at radius 1 is 1.12 bits per heavy atom. The van der Waals surface area contributed by atoms with Gasteiger partial charge in [-0.05, 0) is 56.3 Å². The molecule has 0 spiro atoms. The number of hydrogen-bond acceptors (Lipinski definition) is 5. The Morgan fingerprint density at radius 3 is 2.60 bits per heavy atom. The van der Waals surface area contributed by atoms with Gasteiger partial charge >= 0.3 is 0 Å². The number of thiophene rings is 1. The molecule has 0 saturated carbocycles. The number of hydrogen-bond donors (Lipinski definition) is 1. The van der Waals surface area contributed by atoms with Crippen molar-refractivity contribution in [3.05, 3.63) is 42.7 Å². The van der Waals surface area contributed by atoms with Crippen molar-refractivity contribution in [1.29, 1.82) is 0 Å². The molecular weight excluding hydrogens is 328 g/mol. The van der Waals surface area contributed by atoms with E-state index in [1.54, 1.807) is 11.3 Å². The minimum Gasteiger partial charge on any atom is -0.350 e. The molecule has 0 radical (unpaired) electrons. The Balaban J connectivity index is 1.36. The summed E-state index contributed by atoms with van der Waals surface area (Å²) in [6.45, 7) is 4.82. The van der Waals surface area contributed by atoms with Crippen LogP contribution in [0, 0.1) is 5.92 Å². The van der Waals surface area contributed by atoms with E-state index in [0.717, 1.165) is 17.4 Å². The van der Waals surface area contributed by atoms with Crippen LogP contribution in [0.25, 0.3) is 20.5 Å². The molecule has 1 N–H and O–H groups in total. The van der Waals surface area contributed by atoms with Crippen molar-refractivity contribution in [3.8, 4) is 10.4 Å². The molecule has 3 saturated heterocycles. The van der Waals surface area contributed by atoms with Gasteiger partial charge in [-0.1, -0.05) is 18.2 Å². The lowest BCUT2D eigenvalue weighted by Crippen LogP contribution is -2.59. The average Bonchev–Trinajstić information content (AvgIpc) is 3.10. The van der Waals surface area contributed by atoms with Crippen LogP contribution in [0.2, 0.25) is 0 Å². The fourth-order valence-electron chi connectivity index (χ4n) is 4.35. The first-order valence-corrected chi connectivity index (χ1v) is 9.91.